The zero-order chi connectivity index (χ0) is 28.1. The van der Waals surface area contributed by atoms with Crippen LogP contribution in [0.25, 0.3) is 0 Å². The molecule has 1 N–H and O–H groups in total. The van der Waals surface area contributed by atoms with Crippen LogP contribution in [0, 0.1) is 11.3 Å². The molecule has 1 saturated carbocycles. The van der Waals surface area contributed by atoms with Crippen molar-refractivity contribution in [3.05, 3.63) is 45.7 Å². The molecule has 2 aromatic rings. The summed E-state index contributed by atoms with van der Waals surface area (Å²) < 4.78 is 108. The molecule has 1 aliphatic rings. The predicted molar refractivity (Wildman–Crippen MR) is 112 cm³/mol. The number of nitriles is 1. The van der Waals surface area contributed by atoms with Crippen LogP contribution in [0.1, 0.15) is 51.9 Å². The SMILES string of the molecule is CCN(C(=O)c1c(C(F)(F)F)c(C(F)(F)C(F)(F)F)nn1C)c1ccc(Cl)c(C(=O)NC2(C#N)CC2)c1. The molecule has 0 aliphatic heterocycles. The van der Waals surface area contributed by atoms with Gasteiger partial charge in [0, 0.05) is 19.3 Å². The Morgan fingerprint density at radius 2 is 1.78 bits per heavy atom. The average Bonchev–Trinajstić information content (AvgIpc) is 3.45. The van der Waals surface area contributed by atoms with Gasteiger partial charge in [0.1, 0.15) is 16.8 Å². The van der Waals surface area contributed by atoms with Crippen molar-refractivity contribution in [2.75, 3.05) is 11.4 Å². The molecular formula is C21H16ClF8N5O2. The Hall–Kier alpha value is -3.41. The Morgan fingerprint density at radius 3 is 2.24 bits per heavy atom. The summed E-state index contributed by atoms with van der Waals surface area (Å²) in [7, 11) is 0.615. The lowest BCUT2D eigenvalue weighted by atomic mass is 10.1. The molecule has 0 atom stereocenters. The van der Waals surface area contributed by atoms with Crippen LogP contribution in [0.3, 0.4) is 0 Å². The second kappa shape index (κ2) is 9.16. The first kappa shape index (κ1) is 28.2. The van der Waals surface area contributed by atoms with Gasteiger partial charge in [0.25, 0.3) is 11.8 Å². The first-order chi connectivity index (χ1) is 16.9. The highest BCUT2D eigenvalue weighted by molar-refractivity contribution is 6.34. The quantitative estimate of drug-likeness (QED) is 0.495. The summed E-state index contributed by atoms with van der Waals surface area (Å²) in [6.07, 6.45) is -11.5. The number of rotatable bonds is 6. The van der Waals surface area contributed by atoms with Crippen LogP contribution in [0.2, 0.25) is 5.02 Å². The van der Waals surface area contributed by atoms with Crippen LogP contribution >= 0.6 is 11.6 Å². The van der Waals surface area contributed by atoms with E-state index in [1.165, 1.54) is 6.92 Å². The van der Waals surface area contributed by atoms with Gasteiger partial charge in [0.15, 0.2) is 5.69 Å². The Balaban J connectivity index is 2.11. The van der Waals surface area contributed by atoms with E-state index in [1.54, 1.807) is 0 Å². The van der Waals surface area contributed by atoms with Gasteiger partial charge in [-0.25, -0.2) is 0 Å². The zero-order valence-electron chi connectivity index (χ0n) is 18.9. The molecule has 0 unspecified atom stereocenters. The normalized spacial score (nSPS) is 15.2. The first-order valence-corrected chi connectivity index (χ1v) is 10.7. The van der Waals surface area contributed by atoms with Gasteiger partial charge in [0.05, 0.1) is 16.7 Å². The number of aromatic nitrogens is 2. The monoisotopic (exact) mass is 557 g/mol. The lowest BCUT2D eigenvalue weighted by molar-refractivity contribution is -0.292. The predicted octanol–water partition coefficient (Wildman–Crippen LogP) is 5.20. The molecule has 3 rings (SSSR count). The van der Waals surface area contributed by atoms with Gasteiger partial charge in [0.2, 0.25) is 0 Å². The van der Waals surface area contributed by atoms with E-state index in [1.807, 2.05) is 6.07 Å². The van der Waals surface area contributed by atoms with Gasteiger partial charge in [-0.15, -0.1) is 0 Å². The van der Waals surface area contributed by atoms with Crippen molar-refractivity contribution in [2.24, 2.45) is 7.05 Å². The number of nitrogens with zero attached hydrogens (tertiary/aromatic N) is 4. The van der Waals surface area contributed by atoms with E-state index >= 15 is 0 Å². The number of alkyl halides is 8. The maximum atomic E-state index is 14.0. The van der Waals surface area contributed by atoms with Crippen LogP contribution < -0.4 is 10.2 Å². The van der Waals surface area contributed by atoms with Crippen LogP contribution in [0.15, 0.2) is 18.2 Å². The zero-order valence-corrected chi connectivity index (χ0v) is 19.6. The van der Waals surface area contributed by atoms with Gasteiger partial charge in [-0.1, -0.05) is 11.6 Å². The fraction of sp³-hybridized carbons (Fsp3) is 0.429. The van der Waals surface area contributed by atoms with E-state index in [9.17, 15) is 44.7 Å². The number of hydrogen-bond donors (Lipinski definition) is 1. The Kier molecular flexibility index (Phi) is 6.97. The molecule has 2 amide bonds. The fourth-order valence-corrected chi connectivity index (χ4v) is 3.70. The molecule has 1 aromatic heterocycles. The second-order valence-electron chi connectivity index (χ2n) is 8.13. The highest BCUT2D eigenvalue weighted by Crippen LogP contribution is 2.48. The largest absolute Gasteiger partial charge is 0.459 e. The van der Waals surface area contributed by atoms with Crippen molar-refractivity contribution in [1.82, 2.24) is 15.1 Å². The molecule has 1 aromatic carbocycles. The molecule has 16 heteroatoms. The molecule has 1 fully saturated rings. The minimum Gasteiger partial charge on any atom is -0.334 e. The maximum absolute atomic E-state index is 14.0. The molecule has 0 saturated heterocycles. The van der Waals surface area contributed by atoms with Crippen molar-refractivity contribution in [3.63, 3.8) is 0 Å². The van der Waals surface area contributed by atoms with E-state index in [2.05, 4.69) is 10.4 Å². The molecule has 7 nitrogen and oxygen atoms in total. The third-order valence-electron chi connectivity index (χ3n) is 5.57. The molecule has 0 spiro atoms. The van der Waals surface area contributed by atoms with Gasteiger partial charge in [-0.05, 0) is 38.0 Å². The maximum Gasteiger partial charge on any atom is 0.459 e. The lowest BCUT2D eigenvalue weighted by Gasteiger charge is -2.24. The van der Waals surface area contributed by atoms with Gasteiger partial charge in [-0.3, -0.25) is 14.3 Å². The highest BCUT2D eigenvalue weighted by Gasteiger charge is 2.64. The summed E-state index contributed by atoms with van der Waals surface area (Å²) in [6.45, 7) is 0.896. The van der Waals surface area contributed by atoms with Crippen molar-refractivity contribution in [1.29, 1.82) is 5.26 Å². The number of benzene rings is 1. The van der Waals surface area contributed by atoms with Gasteiger partial charge in [-0.2, -0.15) is 45.5 Å². The van der Waals surface area contributed by atoms with E-state index < -0.39 is 59.1 Å². The summed E-state index contributed by atoms with van der Waals surface area (Å²) in [4.78, 5) is 26.4. The van der Waals surface area contributed by atoms with Crippen LogP contribution in [-0.4, -0.2) is 39.9 Å². The number of hydrogen-bond acceptors (Lipinski definition) is 4. The number of halogens is 9. The van der Waals surface area contributed by atoms with E-state index in [4.69, 9.17) is 16.9 Å². The standard InChI is InChI=1S/C21H16ClF8N5O2/c1-3-35(10-4-5-12(22)11(8-10)16(36)32-18(9-31)6-7-18)17(37)14-13(20(25,26)27)15(33-34(14)2)19(23,24)21(28,29)30/h4-5,8H,3,6-7H2,1-2H3,(H,32,36). The molecule has 0 radical (unpaired) electrons. The lowest BCUT2D eigenvalue weighted by Crippen LogP contribution is -2.37. The number of aryl methyl sites for hydroxylation is 1. The summed E-state index contributed by atoms with van der Waals surface area (Å²) in [5.74, 6) is -8.45. The van der Waals surface area contributed by atoms with E-state index in [0.717, 1.165) is 18.2 Å². The fourth-order valence-electron chi connectivity index (χ4n) is 3.49. The Bertz CT molecular complexity index is 1290. The minimum absolute atomic E-state index is 0.00386. The smallest absolute Gasteiger partial charge is 0.334 e. The molecule has 1 heterocycles. The van der Waals surface area contributed by atoms with E-state index in [-0.39, 0.29) is 21.0 Å². The molecule has 200 valence electrons. The molecular weight excluding hydrogens is 542 g/mol. The van der Waals surface area contributed by atoms with Gasteiger partial charge >= 0.3 is 18.3 Å². The number of carbonyl (C=O) groups excluding carboxylic acids is 2. The number of anilines is 1. The topological polar surface area (TPSA) is 91.0 Å². The van der Waals surface area contributed by atoms with Crippen molar-refractivity contribution in [2.45, 2.75) is 43.6 Å². The Labute approximate surface area is 208 Å². The minimum atomic E-state index is -6.42. The first-order valence-electron chi connectivity index (χ1n) is 10.3. The Morgan fingerprint density at radius 1 is 1.19 bits per heavy atom. The summed E-state index contributed by atoms with van der Waals surface area (Å²) in [5, 5.41) is 14.2. The van der Waals surface area contributed by atoms with Crippen LogP contribution in [-0.2, 0) is 19.1 Å². The summed E-state index contributed by atoms with van der Waals surface area (Å²) in [5.41, 5.74) is -8.36. The van der Waals surface area contributed by atoms with Crippen molar-refractivity contribution < 1.29 is 44.7 Å². The van der Waals surface area contributed by atoms with Gasteiger partial charge < -0.3 is 10.2 Å². The summed E-state index contributed by atoms with van der Waals surface area (Å²) >= 11 is 6.03. The van der Waals surface area contributed by atoms with Crippen molar-refractivity contribution in [3.8, 4) is 6.07 Å². The van der Waals surface area contributed by atoms with Crippen molar-refractivity contribution >= 4 is 29.1 Å². The number of amides is 2. The third kappa shape index (κ3) is 5.07. The van der Waals surface area contributed by atoms with Crippen LogP contribution in [0.4, 0.5) is 40.8 Å². The number of carbonyl (C=O) groups is 2. The van der Waals surface area contributed by atoms with Crippen LogP contribution in [0.5, 0.6) is 0 Å². The molecule has 0 bridgehead atoms. The highest BCUT2D eigenvalue weighted by atomic mass is 35.5. The summed E-state index contributed by atoms with van der Waals surface area (Å²) in [6, 6.07) is 5.19. The second-order valence-corrected chi connectivity index (χ2v) is 8.53. The average molecular weight is 558 g/mol. The van der Waals surface area contributed by atoms with E-state index in [0.29, 0.717) is 24.8 Å². The number of nitrogens with one attached hydrogen (secondary N) is 1. The third-order valence-corrected chi connectivity index (χ3v) is 5.90. The molecule has 1 aliphatic carbocycles. The molecule has 37 heavy (non-hydrogen) atoms.